The molecule has 2 amide bonds. The number of benzene rings is 1. The van der Waals surface area contributed by atoms with Gasteiger partial charge in [0.2, 0.25) is 11.8 Å². The first-order valence-electron chi connectivity index (χ1n) is 10.5. The minimum atomic E-state index is -0.959. The van der Waals surface area contributed by atoms with Gasteiger partial charge in [-0.2, -0.15) is 0 Å². The average molecular weight is 556 g/mol. The second kappa shape index (κ2) is 10.7. The third-order valence-electron chi connectivity index (χ3n) is 6.21. The number of carbonyl (C=O) groups is 2. The number of hydrogen-bond donors (Lipinski definition) is 2. The van der Waals surface area contributed by atoms with Gasteiger partial charge in [0.1, 0.15) is 0 Å². The first-order valence-corrected chi connectivity index (χ1v) is 11.9. The molecule has 2 N–H and O–H groups in total. The normalized spacial score (nSPS) is 27.3. The molecule has 168 valence electrons. The van der Waals surface area contributed by atoms with Gasteiger partial charge in [-0.1, -0.05) is 42.5 Å². The zero-order valence-electron chi connectivity index (χ0n) is 17.5. The summed E-state index contributed by atoms with van der Waals surface area (Å²) >= 11 is 0. The van der Waals surface area contributed by atoms with Crippen molar-refractivity contribution in [1.29, 1.82) is 0 Å². The predicted molar refractivity (Wildman–Crippen MR) is 132 cm³/mol. The molecule has 3 aliphatic rings. The number of imide groups is 1. The number of carbonyl (C=O) groups excluding carboxylic acids is 2. The van der Waals surface area contributed by atoms with Gasteiger partial charge in [-0.05, 0) is 23.8 Å². The summed E-state index contributed by atoms with van der Waals surface area (Å²) in [6, 6.07) is 9.78. The van der Waals surface area contributed by atoms with Gasteiger partial charge in [-0.3, -0.25) is 23.7 Å². The number of hydrogen-bond acceptors (Lipinski definition) is 4. The lowest BCUT2D eigenvalue weighted by molar-refractivity contribution is -0.140. The summed E-state index contributed by atoms with van der Waals surface area (Å²) in [7, 11) is 0.704. The van der Waals surface area contributed by atoms with Crippen molar-refractivity contribution in [2.24, 2.45) is 28.7 Å². The van der Waals surface area contributed by atoms with Gasteiger partial charge in [-0.25, -0.2) is 0 Å². The van der Waals surface area contributed by atoms with E-state index in [0.29, 0.717) is 37.1 Å². The van der Waals surface area contributed by atoms with Crippen molar-refractivity contribution in [3.63, 3.8) is 0 Å². The molecule has 5 unspecified atom stereocenters. The Labute approximate surface area is 202 Å². The van der Waals surface area contributed by atoms with Crippen LogP contribution in [0.25, 0.3) is 0 Å². The summed E-state index contributed by atoms with van der Waals surface area (Å²) < 4.78 is 12.2. The third kappa shape index (κ3) is 5.19. The van der Waals surface area contributed by atoms with Crippen LogP contribution in [0.3, 0.4) is 0 Å². The molecule has 0 spiro atoms. The highest BCUT2D eigenvalue weighted by atomic mass is 127. The van der Waals surface area contributed by atoms with Gasteiger partial charge in [-0.15, -0.1) is 24.0 Å². The molecule has 1 aromatic rings. The molecule has 0 aromatic heterocycles. The Morgan fingerprint density at radius 3 is 2.29 bits per heavy atom. The van der Waals surface area contributed by atoms with Crippen molar-refractivity contribution in [3.8, 4) is 0 Å². The van der Waals surface area contributed by atoms with Crippen LogP contribution in [0.4, 0.5) is 0 Å². The highest BCUT2D eigenvalue weighted by molar-refractivity contribution is 14.0. The highest BCUT2D eigenvalue weighted by Gasteiger charge is 2.58. The van der Waals surface area contributed by atoms with Crippen LogP contribution in [0.5, 0.6) is 0 Å². The zero-order chi connectivity index (χ0) is 21.1. The predicted octanol–water partition coefficient (Wildman–Crippen LogP) is 1.53. The van der Waals surface area contributed by atoms with Crippen LogP contribution in [0.1, 0.15) is 12.0 Å². The zero-order valence-corrected chi connectivity index (χ0v) is 20.7. The van der Waals surface area contributed by atoms with Crippen molar-refractivity contribution < 1.29 is 13.8 Å². The Morgan fingerprint density at radius 2 is 1.68 bits per heavy atom. The topological polar surface area (TPSA) is 90.9 Å². The van der Waals surface area contributed by atoms with Gasteiger partial charge in [0, 0.05) is 49.0 Å². The van der Waals surface area contributed by atoms with Gasteiger partial charge in [0.15, 0.2) is 5.96 Å². The lowest BCUT2D eigenvalue weighted by Crippen LogP contribution is -2.44. The van der Waals surface area contributed by atoms with Crippen LogP contribution in [0.15, 0.2) is 47.5 Å². The van der Waals surface area contributed by atoms with E-state index in [0.717, 1.165) is 12.0 Å². The van der Waals surface area contributed by atoms with Crippen molar-refractivity contribution in [1.82, 2.24) is 15.5 Å². The van der Waals surface area contributed by atoms with Gasteiger partial charge in [0.05, 0.1) is 11.8 Å². The van der Waals surface area contributed by atoms with Crippen LogP contribution < -0.4 is 10.6 Å². The molecule has 1 aliphatic heterocycles. The summed E-state index contributed by atoms with van der Waals surface area (Å²) in [5.41, 5.74) is 1.06. The number of nitrogens with zero attached hydrogens (tertiary/aromatic N) is 2. The van der Waals surface area contributed by atoms with E-state index in [1.165, 1.54) is 4.90 Å². The molecule has 1 heterocycles. The molecule has 1 saturated heterocycles. The monoisotopic (exact) mass is 556 g/mol. The maximum absolute atomic E-state index is 12.7. The number of aliphatic imine (C=N–C) groups is 1. The molecule has 1 saturated carbocycles. The maximum Gasteiger partial charge on any atom is 0.233 e. The fourth-order valence-corrected chi connectivity index (χ4v) is 5.85. The molecule has 2 fully saturated rings. The van der Waals surface area contributed by atoms with Crippen LogP contribution in [-0.2, 0) is 26.1 Å². The average Bonchev–Trinajstić information content (AvgIpc) is 3.43. The Bertz CT molecular complexity index is 862. The van der Waals surface area contributed by atoms with Gasteiger partial charge >= 0.3 is 0 Å². The first-order chi connectivity index (χ1) is 14.6. The van der Waals surface area contributed by atoms with E-state index in [1.54, 1.807) is 7.05 Å². The fraction of sp³-hybridized carbons (Fsp3) is 0.500. The number of nitrogens with one attached hydrogen (secondary N) is 2. The Morgan fingerprint density at radius 1 is 1.06 bits per heavy atom. The lowest BCUT2D eigenvalue weighted by Gasteiger charge is -2.18. The third-order valence-corrected chi connectivity index (χ3v) is 7.52. The van der Waals surface area contributed by atoms with E-state index >= 15 is 0 Å². The lowest BCUT2D eigenvalue weighted by atomic mass is 9.85. The molecule has 2 aliphatic carbocycles. The highest BCUT2D eigenvalue weighted by Crippen LogP contribution is 2.52. The molecular formula is C22H29IN4O3S. The number of allylic oxidation sites excluding steroid dienone is 2. The second-order valence-corrected chi connectivity index (χ2v) is 9.60. The molecule has 4 rings (SSSR count). The van der Waals surface area contributed by atoms with Crippen LogP contribution >= 0.6 is 24.0 Å². The minimum Gasteiger partial charge on any atom is -0.355 e. The summed E-state index contributed by atoms with van der Waals surface area (Å²) in [4.78, 5) is 31.0. The number of guanidine groups is 1. The van der Waals surface area contributed by atoms with Gasteiger partial charge < -0.3 is 10.6 Å². The molecule has 0 radical (unpaired) electrons. The Hall–Kier alpha value is -1.75. The SMILES string of the molecule is CN=C(NCCN1C(=O)C2C3C=CC(C3)C2C1=O)NCCS(=O)Cc1ccccc1.I. The van der Waals surface area contributed by atoms with E-state index in [1.807, 2.05) is 30.3 Å². The summed E-state index contributed by atoms with van der Waals surface area (Å²) in [6.07, 6.45) is 5.15. The number of amides is 2. The quantitative estimate of drug-likeness (QED) is 0.167. The van der Waals surface area contributed by atoms with E-state index < -0.39 is 10.8 Å². The second-order valence-electron chi connectivity index (χ2n) is 8.03. The van der Waals surface area contributed by atoms with E-state index in [9.17, 15) is 13.8 Å². The molecule has 31 heavy (non-hydrogen) atoms. The number of rotatable bonds is 8. The molecule has 7 nitrogen and oxygen atoms in total. The number of halogens is 1. The smallest absolute Gasteiger partial charge is 0.233 e. The molecule has 9 heteroatoms. The standard InChI is InChI=1S/C22H28N4O3S.HI/c1-23-22(25-10-12-30(29)14-15-5-3-2-4-6-15)24-9-11-26-20(27)18-16-7-8-17(13-16)19(18)21(26)28;/h2-8,16-19H,9-14H2,1H3,(H2,23,24,25);1H. The van der Waals surface area contributed by atoms with Crippen LogP contribution in [-0.4, -0.2) is 59.3 Å². The van der Waals surface area contributed by atoms with Crippen molar-refractivity contribution in [2.45, 2.75) is 12.2 Å². The van der Waals surface area contributed by atoms with E-state index in [2.05, 4.69) is 27.8 Å². The largest absolute Gasteiger partial charge is 0.355 e. The van der Waals surface area contributed by atoms with Crippen molar-refractivity contribution in [2.75, 3.05) is 32.4 Å². The maximum atomic E-state index is 12.7. The molecule has 5 atom stereocenters. The molecule has 1 aromatic carbocycles. The number of fused-ring (bicyclic) bond motifs is 5. The molecule has 2 bridgehead atoms. The molecular weight excluding hydrogens is 527 g/mol. The minimum absolute atomic E-state index is 0. The Balaban J connectivity index is 0.00000272. The summed E-state index contributed by atoms with van der Waals surface area (Å²) in [5.74, 6) is 1.75. The summed E-state index contributed by atoms with van der Waals surface area (Å²) in [6.45, 7) is 1.30. The number of likely N-dealkylation sites (tertiary alicyclic amines) is 1. The van der Waals surface area contributed by atoms with Crippen molar-refractivity contribution in [3.05, 3.63) is 48.0 Å². The van der Waals surface area contributed by atoms with Crippen molar-refractivity contribution >= 4 is 52.6 Å². The van der Waals surface area contributed by atoms with E-state index in [4.69, 9.17) is 0 Å². The van der Waals surface area contributed by atoms with E-state index in [-0.39, 0.29) is 59.5 Å². The van der Waals surface area contributed by atoms with Crippen LogP contribution in [0.2, 0.25) is 0 Å². The summed E-state index contributed by atoms with van der Waals surface area (Å²) in [5, 5.41) is 6.29. The first kappa shape index (κ1) is 23.9. The van der Waals surface area contributed by atoms with Gasteiger partial charge in [0.25, 0.3) is 0 Å². The fourth-order valence-electron chi connectivity index (χ4n) is 4.81. The Kier molecular flexibility index (Phi) is 8.26. The van der Waals surface area contributed by atoms with Crippen LogP contribution in [0, 0.1) is 23.7 Å².